The number of carboxylic acids is 1. The van der Waals surface area contributed by atoms with Crippen LogP contribution >= 0.6 is 0 Å². The first-order valence-corrected chi connectivity index (χ1v) is 6.11. The molecule has 1 aromatic rings. The molecular weight excluding hydrogens is 212 g/mol. The Morgan fingerprint density at radius 2 is 1.76 bits per heavy atom. The molecule has 0 atom stereocenters. The number of hydrogen-bond acceptors (Lipinski definition) is 1. The summed E-state index contributed by atoms with van der Waals surface area (Å²) in [5.74, 6) is -0.190. The van der Waals surface area contributed by atoms with E-state index in [0.29, 0.717) is 5.92 Å². The van der Waals surface area contributed by atoms with Crippen LogP contribution in [-0.4, -0.2) is 11.1 Å². The molecule has 17 heavy (non-hydrogen) atoms. The Hall–Kier alpha value is -1.31. The number of hydrogen-bond donors (Lipinski definition) is 1. The molecule has 0 saturated carbocycles. The SMILES string of the molecule is CC(C)c1ccc(CC(C)(C)CC(=O)O)cc1. The van der Waals surface area contributed by atoms with Crippen LogP contribution in [0.2, 0.25) is 0 Å². The normalized spacial score (nSPS) is 11.8. The standard InChI is InChI=1S/C15H22O2/c1-11(2)13-7-5-12(6-8-13)9-15(3,4)10-14(16)17/h5-8,11H,9-10H2,1-4H3,(H,16,17). The highest BCUT2D eigenvalue weighted by atomic mass is 16.4. The first kappa shape index (κ1) is 13.8. The summed E-state index contributed by atoms with van der Waals surface area (Å²) in [6.45, 7) is 8.34. The third-order valence-electron chi connectivity index (χ3n) is 2.96. The van der Waals surface area contributed by atoms with Crippen molar-refractivity contribution in [1.29, 1.82) is 0 Å². The molecule has 1 rings (SSSR count). The van der Waals surface area contributed by atoms with Crippen LogP contribution in [-0.2, 0) is 11.2 Å². The van der Waals surface area contributed by atoms with E-state index in [-0.39, 0.29) is 11.8 Å². The summed E-state index contributed by atoms with van der Waals surface area (Å²) in [5.41, 5.74) is 2.34. The van der Waals surface area contributed by atoms with Crippen LogP contribution in [0.25, 0.3) is 0 Å². The quantitative estimate of drug-likeness (QED) is 0.840. The van der Waals surface area contributed by atoms with E-state index in [2.05, 4.69) is 38.1 Å². The van der Waals surface area contributed by atoms with Gasteiger partial charge in [0.05, 0.1) is 6.42 Å². The van der Waals surface area contributed by atoms with E-state index in [1.54, 1.807) is 0 Å². The summed E-state index contributed by atoms with van der Waals surface area (Å²) in [6, 6.07) is 8.49. The van der Waals surface area contributed by atoms with Crippen LogP contribution in [0.5, 0.6) is 0 Å². The summed E-state index contributed by atoms with van der Waals surface area (Å²) < 4.78 is 0. The Bertz CT molecular complexity index is 374. The van der Waals surface area contributed by atoms with Gasteiger partial charge >= 0.3 is 5.97 Å². The van der Waals surface area contributed by atoms with Gasteiger partial charge in [-0.15, -0.1) is 0 Å². The van der Waals surface area contributed by atoms with Gasteiger partial charge in [-0.05, 0) is 28.9 Å². The lowest BCUT2D eigenvalue weighted by Crippen LogP contribution is -2.19. The third-order valence-corrected chi connectivity index (χ3v) is 2.96. The average molecular weight is 234 g/mol. The molecule has 0 spiro atoms. The molecule has 0 amide bonds. The van der Waals surface area contributed by atoms with Gasteiger partial charge in [0.15, 0.2) is 0 Å². The minimum Gasteiger partial charge on any atom is -0.481 e. The van der Waals surface area contributed by atoms with E-state index in [0.717, 1.165) is 6.42 Å². The maximum atomic E-state index is 10.7. The Kier molecular flexibility index (Phi) is 4.33. The van der Waals surface area contributed by atoms with Gasteiger partial charge in [0, 0.05) is 0 Å². The highest BCUT2D eigenvalue weighted by Gasteiger charge is 2.22. The van der Waals surface area contributed by atoms with E-state index in [1.165, 1.54) is 11.1 Å². The van der Waals surface area contributed by atoms with Gasteiger partial charge in [-0.2, -0.15) is 0 Å². The van der Waals surface area contributed by atoms with E-state index >= 15 is 0 Å². The molecule has 0 fully saturated rings. The zero-order valence-corrected chi connectivity index (χ0v) is 11.2. The summed E-state index contributed by atoms with van der Waals surface area (Å²) in [4.78, 5) is 10.7. The van der Waals surface area contributed by atoms with Crippen molar-refractivity contribution in [2.45, 2.75) is 46.5 Å². The van der Waals surface area contributed by atoms with Crippen LogP contribution in [0, 0.1) is 5.41 Å². The first-order chi connectivity index (χ1) is 7.80. The molecule has 0 aliphatic carbocycles. The lowest BCUT2D eigenvalue weighted by atomic mass is 9.82. The van der Waals surface area contributed by atoms with Crippen molar-refractivity contribution in [2.75, 3.05) is 0 Å². The second-order valence-corrected chi connectivity index (χ2v) is 5.81. The second kappa shape index (κ2) is 5.35. The summed E-state index contributed by atoms with van der Waals surface area (Å²) >= 11 is 0. The fraction of sp³-hybridized carbons (Fsp3) is 0.533. The monoisotopic (exact) mass is 234 g/mol. The van der Waals surface area contributed by atoms with E-state index in [9.17, 15) is 4.79 Å². The van der Waals surface area contributed by atoms with E-state index in [4.69, 9.17) is 5.11 Å². The summed E-state index contributed by atoms with van der Waals surface area (Å²) in [5, 5.41) is 8.84. The van der Waals surface area contributed by atoms with Crippen molar-refractivity contribution < 1.29 is 9.90 Å². The van der Waals surface area contributed by atoms with Crippen LogP contribution < -0.4 is 0 Å². The molecule has 2 nitrogen and oxygen atoms in total. The fourth-order valence-electron chi connectivity index (χ4n) is 2.04. The van der Waals surface area contributed by atoms with E-state index < -0.39 is 5.97 Å². The molecule has 1 N–H and O–H groups in total. The molecule has 0 bridgehead atoms. The average Bonchev–Trinajstić information content (AvgIpc) is 2.15. The lowest BCUT2D eigenvalue weighted by molar-refractivity contribution is -0.139. The lowest BCUT2D eigenvalue weighted by Gasteiger charge is -2.22. The molecule has 0 unspecified atom stereocenters. The van der Waals surface area contributed by atoms with Crippen LogP contribution in [0.3, 0.4) is 0 Å². The molecule has 0 aliphatic heterocycles. The Morgan fingerprint density at radius 3 is 2.18 bits per heavy atom. The van der Waals surface area contributed by atoms with Gasteiger partial charge < -0.3 is 5.11 Å². The molecule has 94 valence electrons. The van der Waals surface area contributed by atoms with Crippen molar-refractivity contribution in [3.8, 4) is 0 Å². The van der Waals surface area contributed by atoms with Gasteiger partial charge in [-0.3, -0.25) is 4.79 Å². The molecule has 0 radical (unpaired) electrons. The molecule has 1 aromatic carbocycles. The van der Waals surface area contributed by atoms with Crippen LogP contribution in [0.15, 0.2) is 24.3 Å². The number of carboxylic acid groups (broad SMARTS) is 1. The number of carbonyl (C=O) groups is 1. The van der Waals surface area contributed by atoms with Crippen molar-refractivity contribution in [1.82, 2.24) is 0 Å². The van der Waals surface area contributed by atoms with E-state index in [1.807, 2.05) is 13.8 Å². The van der Waals surface area contributed by atoms with Crippen molar-refractivity contribution in [3.63, 3.8) is 0 Å². The number of rotatable bonds is 5. The van der Waals surface area contributed by atoms with Gasteiger partial charge in [-0.25, -0.2) is 0 Å². The highest BCUT2D eigenvalue weighted by molar-refractivity contribution is 5.67. The molecule has 0 aromatic heterocycles. The zero-order valence-electron chi connectivity index (χ0n) is 11.2. The van der Waals surface area contributed by atoms with Crippen molar-refractivity contribution >= 4 is 5.97 Å². The molecule has 0 heterocycles. The minimum absolute atomic E-state index is 0.189. The first-order valence-electron chi connectivity index (χ1n) is 6.11. The maximum absolute atomic E-state index is 10.7. The highest BCUT2D eigenvalue weighted by Crippen LogP contribution is 2.26. The Morgan fingerprint density at radius 1 is 1.24 bits per heavy atom. The molecule has 0 aliphatic rings. The van der Waals surface area contributed by atoms with Crippen molar-refractivity contribution in [2.24, 2.45) is 5.41 Å². The smallest absolute Gasteiger partial charge is 0.303 e. The largest absolute Gasteiger partial charge is 0.481 e. The number of benzene rings is 1. The fourth-order valence-corrected chi connectivity index (χ4v) is 2.04. The van der Waals surface area contributed by atoms with Gasteiger partial charge in [0.1, 0.15) is 0 Å². The molecule has 0 saturated heterocycles. The van der Waals surface area contributed by atoms with Crippen LogP contribution in [0.4, 0.5) is 0 Å². The Balaban J connectivity index is 2.71. The maximum Gasteiger partial charge on any atom is 0.303 e. The third kappa shape index (κ3) is 4.59. The van der Waals surface area contributed by atoms with Gasteiger partial charge in [0.2, 0.25) is 0 Å². The predicted octanol–water partition coefficient (Wildman–Crippen LogP) is 3.85. The predicted molar refractivity (Wildman–Crippen MR) is 70.3 cm³/mol. The second-order valence-electron chi connectivity index (χ2n) is 5.81. The van der Waals surface area contributed by atoms with Crippen LogP contribution in [0.1, 0.15) is 51.2 Å². The number of aliphatic carboxylic acids is 1. The van der Waals surface area contributed by atoms with Gasteiger partial charge in [-0.1, -0.05) is 52.0 Å². The molecular formula is C15H22O2. The summed E-state index contributed by atoms with van der Waals surface area (Å²) in [7, 11) is 0. The minimum atomic E-state index is -0.728. The zero-order chi connectivity index (χ0) is 13.1. The van der Waals surface area contributed by atoms with Crippen molar-refractivity contribution in [3.05, 3.63) is 35.4 Å². The van der Waals surface area contributed by atoms with Gasteiger partial charge in [0.25, 0.3) is 0 Å². The Labute approximate surface area is 104 Å². The topological polar surface area (TPSA) is 37.3 Å². The molecule has 2 heteroatoms. The summed E-state index contributed by atoms with van der Waals surface area (Å²) in [6.07, 6.45) is 1.01.